The lowest BCUT2D eigenvalue weighted by atomic mass is 10.2. The van der Waals surface area contributed by atoms with Crippen molar-refractivity contribution >= 4 is 17.6 Å². The van der Waals surface area contributed by atoms with Gasteiger partial charge in [-0.15, -0.1) is 0 Å². The summed E-state index contributed by atoms with van der Waals surface area (Å²) < 4.78 is 36.9. The smallest absolute Gasteiger partial charge is 0.368 e. The van der Waals surface area contributed by atoms with Crippen molar-refractivity contribution in [1.82, 2.24) is 4.98 Å². The maximum atomic E-state index is 12.3. The summed E-state index contributed by atoms with van der Waals surface area (Å²) in [4.78, 5) is 3.76. The van der Waals surface area contributed by atoms with E-state index in [4.69, 9.17) is 0 Å². The molecule has 0 aliphatic heterocycles. The second-order valence-corrected chi connectivity index (χ2v) is 4.74. The SMILES string of the molecule is CSCCC(C)Nc1ccc(C(F)(F)F)cn1. The molecule has 0 aromatic carbocycles. The van der Waals surface area contributed by atoms with E-state index in [9.17, 15) is 13.2 Å². The van der Waals surface area contributed by atoms with E-state index in [0.717, 1.165) is 24.4 Å². The van der Waals surface area contributed by atoms with E-state index in [-0.39, 0.29) is 6.04 Å². The molecule has 1 aromatic heterocycles. The summed E-state index contributed by atoms with van der Waals surface area (Å²) in [5, 5.41) is 3.06. The van der Waals surface area contributed by atoms with Gasteiger partial charge < -0.3 is 5.32 Å². The third-order valence-corrected chi connectivity index (χ3v) is 2.88. The highest BCUT2D eigenvalue weighted by Gasteiger charge is 2.30. The molecule has 1 N–H and O–H groups in total. The van der Waals surface area contributed by atoms with E-state index in [0.29, 0.717) is 5.82 Å². The fourth-order valence-electron chi connectivity index (χ4n) is 1.27. The second kappa shape index (κ2) is 6.14. The third-order valence-electron chi connectivity index (χ3n) is 2.24. The maximum Gasteiger partial charge on any atom is 0.417 e. The van der Waals surface area contributed by atoms with Gasteiger partial charge in [-0.25, -0.2) is 4.98 Å². The van der Waals surface area contributed by atoms with Crippen molar-refractivity contribution in [2.45, 2.75) is 25.6 Å². The van der Waals surface area contributed by atoms with Crippen LogP contribution in [0, 0.1) is 0 Å². The molecule has 0 bridgehead atoms. The predicted octanol–water partition coefficient (Wildman–Crippen LogP) is 3.65. The monoisotopic (exact) mass is 264 g/mol. The number of halogens is 3. The van der Waals surface area contributed by atoms with Crippen LogP contribution in [-0.2, 0) is 6.18 Å². The van der Waals surface area contributed by atoms with Gasteiger partial charge in [-0.3, -0.25) is 0 Å². The molecule has 0 amide bonds. The molecule has 1 rings (SSSR count). The number of aromatic nitrogens is 1. The Morgan fingerprint density at radius 2 is 2.12 bits per heavy atom. The lowest BCUT2D eigenvalue weighted by Gasteiger charge is -2.14. The highest BCUT2D eigenvalue weighted by atomic mass is 32.2. The molecule has 96 valence electrons. The Morgan fingerprint density at radius 1 is 1.41 bits per heavy atom. The molecule has 6 heteroatoms. The summed E-state index contributed by atoms with van der Waals surface area (Å²) >= 11 is 1.74. The van der Waals surface area contributed by atoms with Crippen LogP contribution in [0.1, 0.15) is 18.9 Å². The molecule has 1 atom stereocenters. The molecule has 1 unspecified atom stereocenters. The maximum absolute atomic E-state index is 12.3. The van der Waals surface area contributed by atoms with E-state index in [1.54, 1.807) is 11.8 Å². The largest absolute Gasteiger partial charge is 0.417 e. The van der Waals surface area contributed by atoms with Gasteiger partial charge >= 0.3 is 6.18 Å². The highest BCUT2D eigenvalue weighted by Crippen LogP contribution is 2.28. The number of hydrogen-bond acceptors (Lipinski definition) is 3. The molecule has 2 nitrogen and oxygen atoms in total. The number of rotatable bonds is 5. The summed E-state index contributed by atoms with van der Waals surface area (Å²) in [5.74, 6) is 1.49. The Kier molecular flexibility index (Phi) is 5.11. The summed E-state index contributed by atoms with van der Waals surface area (Å²) in [7, 11) is 0. The molecular weight excluding hydrogens is 249 g/mol. The van der Waals surface area contributed by atoms with E-state index >= 15 is 0 Å². The molecule has 0 saturated carbocycles. The number of nitrogens with zero attached hydrogens (tertiary/aromatic N) is 1. The number of alkyl halides is 3. The normalized spacial score (nSPS) is 13.5. The Hall–Kier alpha value is -0.910. The standard InChI is InChI=1S/C11H15F3N2S/c1-8(5-6-17-2)16-10-4-3-9(7-15-10)11(12,13)14/h3-4,7-8H,5-6H2,1-2H3,(H,15,16). The van der Waals surface area contributed by atoms with Crippen LogP contribution in [0.25, 0.3) is 0 Å². The first-order chi connectivity index (χ1) is 7.93. The van der Waals surface area contributed by atoms with Gasteiger partial charge in [-0.05, 0) is 37.5 Å². The molecule has 1 heterocycles. The highest BCUT2D eigenvalue weighted by molar-refractivity contribution is 7.98. The molecule has 0 fully saturated rings. The van der Waals surface area contributed by atoms with Crippen molar-refractivity contribution in [2.75, 3.05) is 17.3 Å². The van der Waals surface area contributed by atoms with Gasteiger partial charge in [-0.1, -0.05) is 0 Å². The molecule has 0 spiro atoms. The topological polar surface area (TPSA) is 24.9 Å². The molecular formula is C11H15F3N2S. The van der Waals surface area contributed by atoms with Crippen LogP contribution in [0.15, 0.2) is 18.3 Å². The van der Waals surface area contributed by atoms with Crippen LogP contribution in [-0.4, -0.2) is 23.0 Å². The van der Waals surface area contributed by atoms with Crippen molar-refractivity contribution in [3.05, 3.63) is 23.9 Å². The molecule has 0 saturated heterocycles. The number of pyridine rings is 1. The van der Waals surface area contributed by atoms with E-state index in [1.165, 1.54) is 6.07 Å². The zero-order valence-corrected chi connectivity index (χ0v) is 10.5. The Labute approximate surface area is 103 Å². The van der Waals surface area contributed by atoms with Gasteiger partial charge in [0.15, 0.2) is 0 Å². The average molecular weight is 264 g/mol. The average Bonchev–Trinajstić information content (AvgIpc) is 2.26. The fourth-order valence-corrected chi connectivity index (χ4v) is 1.86. The van der Waals surface area contributed by atoms with Crippen molar-refractivity contribution in [3.63, 3.8) is 0 Å². The summed E-state index contributed by atoms with van der Waals surface area (Å²) in [6.07, 6.45) is -0.507. The number of anilines is 1. The van der Waals surface area contributed by atoms with Crippen molar-refractivity contribution in [1.29, 1.82) is 0 Å². The summed E-state index contributed by atoms with van der Waals surface area (Å²) in [5.41, 5.74) is -0.722. The Balaban J connectivity index is 2.56. The van der Waals surface area contributed by atoms with Crippen molar-refractivity contribution in [3.8, 4) is 0 Å². The Bertz CT molecular complexity index is 338. The first-order valence-corrected chi connectivity index (χ1v) is 6.61. The van der Waals surface area contributed by atoms with Gasteiger partial charge in [0.25, 0.3) is 0 Å². The van der Waals surface area contributed by atoms with Crippen LogP contribution in [0.5, 0.6) is 0 Å². The van der Waals surface area contributed by atoms with E-state index in [1.807, 2.05) is 13.2 Å². The third kappa shape index (κ3) is 4.85. The zero-order valence-electron chi connectivity index (χ0n) is 9.71. The lowest BCUT2D eigenvalue weighted by Crippen LogP contribution is -2.17. The minimum absolute atomic E-state index is 0.201. The van der Waals surface area contributed by atoms with Crippen LogP contribution < -0.4 is 5.32 Å². The zero-order chi connectivity index (χ0) is 12.9. The molecule has 17 heavy (non-hydrogen) atoms. The quantitative estimate of drug-likeness (QED) is 0.878. The van der Waals surface area contributed by atoms with Crippen LogP contribution in [0.2, 0.25) is 0 Å². The summed E-state index contributed by atoms with van der Waals surface area (Å²) in [6, 6.07) is 2.60. The van der Waals surface area contributed by atoms with Gasteiger partial charge in [0.2, 0.25) is 0 Å². The van der Waals surface area contributed by atoms with Crippen LogP contribution in [0.4, 0.5) is 19.0 Å². The van der Waals surface area contributed by atoms with Crippen LogP contribution in [0.3, 0.4) is 0 Å². The second-order valence-electron chi connectivity index (χ2n) is 3.76. The van der Waals surface area contributed by atoms with Gasteiger partial charge in [0.1, 0.15) is 5.82 Å². The van der Waals surface area contributed by atoms with E-state index in [2.05, 4.69) is 10.3 Å². The first-order valence-electron chi connectivity index (χ1n) is 5.22. The number of hydrogen-bond donors (Lipinski definition) is 1. The fraction of sp³-hybridized carbons (Fsp3) is 0.545. The molecule has 0 aliphatic carbocycles. The van der Waals surface area contributed by atoms with E-state index < -0.39 is 11.7 Å². The molecule has 0 aliphatic rings. The summed E-state index contributed by atoms with van der Waals surface area (Å²) in [6.45, 7) is 1.98. The van der Waals surface area contributed by atoms with Gasteiger partial charge in [-0.2, -0.15) is 24.9 Å². The number of thioether (sulfide) groups is 1. The number of nitrogens with one attached hydrogen (secondary N) is 1. The first kappa shape index (κ1) is 14.2. The van der Waals surface area contributed by atoms with Crippen LogP contribution >= 0.6 is 11.8 Å². The van der Waals surface area contributed by atoms with Gasteiger partial charge in [0, 0.05) is 12.2 Å². The minimum Gasteiger partial charge on any atom is -0.368 e. The van der Waals surface area contributed by atoms with Gasteiger partial charge in [0.05, 0.1) is 5.56 Å². The molecule has 1 aromatic rings. The van der Waals surface area contributed by atoms with Crippen molar-refractivity contribution < 1.29 is 13.2 Å². The minimum atomic E-state index is -4.32. The van der Waals surface area contributed by atoms with Crippen molar-refractivity contribution in [2.24, 2.45) is 0 Å². The Morgan fingerprint density at radius 3 is 2.59 bits per heavy atom. The lowest BCUT2D eigenvalue weighted by molar-refractivity contribution is -0.137. The predicted molar refractivity (Wildman–Crippen MR) is 65.3 cm³/mol. The molecule has 0 radical (unpaired) electrons.